The van der Waals surface area contributed by atoms with Crippen LogP contribution in [0.3, 0.4) is 0 Å². The number of hydrogen-bond donors (Lipinski definition) is 2. The minimum Gasteiger partial charge on any atom is -0.480 e. The number of carbonyl (C=O) groups is 1. The second-order valence-corrected chi connectivity index (χ2v) is 8.23. The van der Waals surface area contributed by atoms with Crippen molar-refractivity contribution in [1.82, 2.24) is 14.5 Å². The van der Waals surface area contributed by atoms with Gasteiger partial charge >= 0.3 is 5.97 Å². The number of nitrogens with zero attached hydrogens (tertiary/aromatic N) is 2. The Bertz CT molecular complexity index is 606. The third-order valence-electron chi connectivity index (χ3n) is 3.75. The van der Waals surface area contributed by atoms with Crippen molar-refractivity contribution in [3.05, 3.63) is 12.4 Å². The lowest BCUT2D eigenvalue weighted by Crippen LogP contribution is -2.38. The zero-order chi connectivity index (χ0) is 15.5. The third-order valence-corrected chi connectivity index (χ3v) is 6.52. The molecule has 1 saturated carbocycles. The van der Waals surface area contributed by atoms with Gasteiger partial charge in [0.15, 0.2) is 0 Å². The summed E-state index contributed by atoms with van der Waals surface area (Å²) < 4.78 is 28.1. The van der Waals surface area contributed by atoms with Crippen LogP contribution in [0.15, 0.2) is 17.3 Å². The highest BCUT2D eigenvalue weighted by molar-refractivity contribution is 8.00. The van der Waals surface area contributed by atoms with Crippen molar-refractivity contribution in [3.8, 4) is 0 Å². The van der Waals surface area contributed by atoms with Crippen molar-refractivity contribution in [2.75, 3.05) is 12.8 Å². The highest BCUT2D eigenvalue weighted by atomic mass is 32.2. The average Bonchev–Trinajstić information content (AvgIpc) is 3.06. The summed E-state index contributed by atoms with van der Waals surface area (Å²) >= 11 is 1.70. The van der Waals surface area contributed by atoms with Crippen LogP contribution in [0.25, 0.3) is 0 Å². The fourth-order valence-electron chi connectivity index (χ4n) is 2.49. The van der Waals surface area contributed by atoms with Crippen molar-refractivity contribution in [3.63, 3.8) is 0 Å². The average molecular weight is 333 g/mol. The molecule has 0 unspecified atom stereocenters. The largest absolute Gasteiger partial charge is 0.480 e. The van der Waals surface area contributed by atoms with Crippen LogP contribution in [0.4, 0.5) is 0 Å². The third kappa shape index (κ3) is 3.98. The Morgan fingerprint density at radius 3 is 2.76 bits per heavy atom. The number of aliphatic carboxylic acids is 1. The SMILES string of the molecule is CSC1(CNS(=O)(=O)c2cnn(CC(=O)O)c2)CCCC1. The molecule has 0 aromatic carbocycles. The van der Waals surface area contributed by atoms with Crippen LogP contribution >= 0.6 is 11.8 Å². The second kappa shape index (κ2) is 6.37. The van der Waals surface area contributed by atoms with Crippen molar-refractivity contribution in [1.29, 1.82) is 0 Å². The molecular weight excluding hydrogens is 314 g/mol. The summed E-state index contributed by atoms with van der Waals surface area (Å²) in [5.41, 5.74) is 0. The zero-order valence-electron chi connectivity index (χ0n) is 11.8. The summed E-state index contributed by atoms with van der Waals surface area (Å²) in [6, 6.07) is 0. The van der Waals surface area contributed by atoms with E-state index in [1.165, 1.54) is 12.4 Å². The molecule has 1 aliphatic rings. The van der Waals surface area contributed by atoms with Gasteiger partial charge in [-0.2, -0.15) is 16.9 Å². The summed E-state index contributed by atoms with van der Waals surface area (Å²) in [7, 11) is -3.65. The zero-order valence-corrected chi connectivity index (χ0v) is 13.4. The van der Waals surface area contributed by atoms with Crippen LogP contribution in [0.2, 0.25) is 0 Å². The number of carboxylic acids is 1. The second-order valence-electron chi connectivity index (χ2n) is 5.19. The molecule has 1 aromatic heterocycles. The fourth-order valence-corrected chi connectivity index (χ4v) is 4.57. The molecule has 21 heavy (non-hydrogen) atoms. The molecule has 0 aliphatic heterocycles. The van der Waals surface area contributed by atoms with Gasteiger partial charge in [-0.1, -0.05) is 12.8 Å². The van der Waals surface area contributed by atoms with Crippen LogP contribution in [-0.4, -0.2) is 46.8 Å². The molecule has 0 amide bonds. The number of hydrogen-bond acceptors (Lipinski definition) is 5. The standard InChI is InChI=1S/C12H19N3O4S2/c1-20-12(4-2-3-5-12)9-14-21(18,19)10-6-13-15(7-10)8-11(16)17/h6-7,14H,2-5,8-9H2,1H3,(H,16,17). The molecule has 1 aromatic rings. The van der Waals surface area contributed by atoms with E-state index in [0.29, 0.717) is 6.54 Å². The van der Waals surface area contributed by atoms with E-state index in [0.717, 1.165) is 30.4 Å². The molecule has 118 valence electrons. The summed E-state index contributed by atoms with van der Waals surface area (Å²) in [5.74, 6) is -1.07. The lowest BCUT2D eigenvalue weighted by Gasteiger charge is -2.26. The molecule has 1 heterocycles. The van der Waals surface area contributed by atoms with E-state index < -0.39 is 16.0 Å². The van der Waals surface area contributed by atoms with E-state index in [-0.39, 0.29) is 16.2 Å². The molecule has 1 fully saturated rings. The van der Waals surface area contributed by atoms with Crippen molar-refractivity contribution in [2.45, 2.75) is 41.9 Å². The quantitative estimate of drug-likeness (QED) is 0.769. The van der Waals surface area contributed by atoms with Crippen LogP contribution in [0, 0.1) is 0 Å². The Morgan fingerprint density at radius 2 is 2.19 bits per heavy atom. The number of rotatable bonds is 7. The Hall–Kier alpha value is -1.06. The van der Waals surface area contributed by atoms with Gasteiger partial charge < -0.3 is 5.11 Å². The molecule has 7 nitrogen and oxygen atoms in total. The van der Waals surface area contributed by atoms with Crippen LogP contribution < -0.4 is 4.72 Å². The number of thioether (sulfide) groups is 1. The lowest BCUT2D eigenvalue weighted by molar-refractivity contribution is -0.137. The Labute approximate surface area is 128 Å². The highest BCUT2D eigenvalue weighted by Crippen LogP contribution is 2.39. The van der Waals surface area contributed by atoms with E-state index in [1.54, 1.807) is 11.8 Å². The molecule has 1 aliphatic carbocycles. The van der Waals surface area contributed by atoms with Crippen molar-refractivity contribution >= 4 is 27.8 Å². The van der Waals surface area contributed by atoms with E-state index in [4.69, 9.17) is 5.11 Å². The minimum absolute atomic E-state index is 0.00185. The first kappa shape index (κ1) is 16.3. The lowest BCUT2D eigenvalue weighted by atomic mass is 10.1. The number of carboxylic acid groups (broad SMARTS) is 1. The van der Waals surface area contributed by atoms with Gasteiger partial charge in [-0.25, -0.2) is 13.1 Å². The van der Waals surface area contributed by atoms with E-state index in [9.17, 15) is 13.2 Å². The number of nitrogens with one attached hydrogen (secondary N) is 1. The molecular formula is C12H19N3O4S2. The van der Waals surface area contributed by atoms with E-state index in [1.807, 2.05) is 6.26 Å². The predicted molar refractivity (Wildman–Crippen MR) is 79.8 cm³/mol. The van der Waals surface area contributed by atoms with Crippen LogP contribution in [0.1, 0.15) is 25.7 Å². The Morgan fingerprint density at radius 1 is 1.52 bits per heavy atom. The molecule has 0 bridgehead atoms. The fraction of sp³-hybridized carbons (Fsp3) is 0.667. The minimum atomic E-state index is -3.65. The molecule has 0 spiro atoms. The Kier molecular flexibility index (Phi) is 4.95. The molecule has 9 heteroatoms. The van der Waals surface area contributed by atoms with Crippen LogP contribution in [0.5, 0.6) is 0 Å². The van der Waals surface area contributed by atoms with Gasteiger partial charge in [0, 0.05) is 17.5 Å². The smallest absolute Gasteiger partial charge is 0.325 e. The molecule has 0 atom stereocenters. The molecule has 2 N–H and O–H groups in total. The highest BCUT2D eigenvalue weighted by Gasteiger charge is 2.34. The topological polar surface area (TPSA) is 101 Å². The van der Waals surface area contributed by atoms with E-state index in [2.05, 4.69) is 9.82 Å². The predicted octanol–water partition coefficient (Wildman–Crippen LogP) is 0.922. The number of aromatic nitrogens is 2. The first-order chi connectivity index (χ1) is 9.87. The van der Waals surface area contributed by atoms with Gasteiger partial charge in [-0.15, -0.1) is 0 Å². The summed E-state index contributed by atoms with van der Waals surface area (Å²) in [6.07, 6.45) is 8.68. The summed E-state index contributed by atoms with van der Waals surface area (Å²) in [6.45, 7) is 0.0326. The van der Waals surface area contributed by atoms with Gasteiger partial charge in [0.25, 0.3) is 0 Å². The van der Waals surface area contributed by atoms with Gasteiger partial charge in [0.05, 0.1) is 6.20 Å². The maximum atomic E-state index is 12.2. The molecule has 0 radical (unpaired) electrons. The van der Waals surface area contributed by atoms with Gasteiger partial charge in [-0.05, 0) is 19.1 Å². The molecule has 2 rings (SSSR count). The Balaban J connectivity index is 2.04. The maximum absolute atomic E-state index is 12.2. The summed E-state index contributed by atoms with van der Waals surface area (Å²) in [5, 5.41) is 12.4. The first-order valence-electron chi connectivity index (χ1n) is 6.66. The van der Waals surface area contributed by atoms with Crippen molar-refractivity contribution < 1.29 is 18.3 Å². The monoisotopic (exact) mass is 333 g/mol. The number of sulfonamides is 1. The van der Waals surface area contributed by atoms with Crippen molar-refractivity contribution in [2.24, 2.45) is 0 Å². The first-order valence-corrected chi connectivity index (χ1v) is 9.37. The van der Waals surface area contributed by atoms with Gasteiger partial charge in [-0.3, -0.25) is 9.48 Å². The summed E-state index contributed by atoms with van der Waals surface area (Å²) in [4.78, 5) is 10.6. The molecule has 0 saturated heterocycles. The maximum Gasteiger partial charge on any atom is 0.325 e. The van der Waals surface area contributed by atoms with Gasteiger partial charge in [0.2, 0.25) is 10.0 Å². The van der Waals surface area contributed by atoms with Gasteiger partial charge in [0.1, 0.15) is 11.4 Å². The van der Waals surface area contributed by atoms with Crippen LogP contribution in [-0.2, 0) is 21.4 Å². The van der Waals surface area contributed by atoms with E-state index >= 15 is 0 Å². The normalized spacial score (nSPS) is 18.0.